The molecule has 3 aromatic heterocycles. The van der Waals surface area contributed by atoms with E-state index in [0.29, 0.717) is 0 Å². The maximum Gasteiger partial charge on any atom is 0.143 e. The second-order valence-electron chi connectivity index (χ2n) is 14.7. The Labute approximate surface area is 327 Å². The highest BCUT2D eigenvalue weighted by Gasteiger charge is 2.19. The monoisotopic (exact) mass is 727 g/mol. The van der Waals surface area contributed by atoms with Crippen LogP contribution in [0.2, 0.25) is 0 Å². The lowest BCUT2D eigenvalue weighted by Gasteiger charge is -2.23. The second-order valence-corrected chi connectivity index (χ2v) is 14.7. The smallest absolute Gasteiger partial charge is 0.143 e. The minimum absolute atomic E-state index is 0.898. The van der Waals surface area contributed by atoms with Crippen molar-refractivity contribution in [3.05, 3.63) is 200 Å². The van der Waals surface area contributed by atoms with Gasteiger partial charge in [0.05, 0.1) is 27.6 Å². The van der Waals surface area contributed by atoms with Crippen LogP contribution >= 0.6 is 0 Å². The maximum absolute atomic E-state index is 6.55. The molecule has 0 atom stereocenters. The van der Waals surface area contributed by atoms with Gasteiger partial charge in [-0.05, 0) is 99.2 Å². The zero-order valence-corrected chi connectivity index (χ0v) is 30.8. The molecule has 3 heterocycles. The third kappa shape index (κ3) is 4.77. The lowest BCUT2D eigenvalue weighted by atomic mass is 9.93. The van der Waals surface area contributed by atoms with E-state index in [9.17, 15) is 0 Å². The Morgan fingerprint density at radius 3 is 1.60 bits per heavy atom. The summed E-state index contributed by atoms with van der Waals surface area (Å²) in [6, 6.07) is 69.6. The quantitative estimate of drug-likeness (QED) is 0.170. The molecule has 0 radical (unpaired) electrons. The normalized spacial score (nSPS) is 11.9. The van der Waals surface area contributed by atoms with Crippen molar-refractivity contribution in [2.75, 3.05) is 0 Å². The van der Waals surface area contributed by atoms with Crippen LogP contribution in [0.1, 0.15) is 0 Å². The van der Waals surface area contributed by atoms with Gasteiger partial charge in [0.1, 0.15) is 11.2 Å². The molecule has 0 amide bonds. The van der Waals surface area contributed by atoms with Gasteiger partial charge in [-0.1, -0.05) is 127 Å². The van der Waals surface area contributed by atoms with Crippen molar-refractivity contribution in [1.29, 1.82) is 0 Å². The van der Waals surface area contributed by atoms with E-state index in [0.717, 1.165) is 104 Å². The first-order valence-corrected chi connectivity index (χ1v) is 19.4. The van der Waals surface area contributed by atoms with E-state index in [-0.39, 0.29) is 0 Å². The van der Waals surface area contributed by atoms with Gasteiger partial charge in [-0.3, -0.25) is 4.98 Å². The summed E-state index contributed by atoms with van der Waals surface area (Å²) in [4.78, 5) is 5.20. The summed E-state index contributed by atoms with van der Waals surface area (Å²) in [5.74, 6) is 0. The first-order valence-electron chi connectivity index (χ1n) is 19.4. The summed E-state index contributed by atoms with van der Waals surface area (Å²) >= 11 is 0. The molecule has 9 aromatic carbocycles. The summed E-state index contributed by atoms with van der Waals surface area (Å²) in [6.07, 6.45) is 1.92. The van der Waals surface area contributed by atoms with Crippen LogP contribution in [0, 0.1) is 0 Å². The van der Waals surface area contributed by atoms with Crippen LogP contribution in [0.15, 0.2) is 205 Å². The third-order valence-corrected chi connectivity index (χ3v) is 11.6. The van der Waals surface area contributed by atoms with Gasteiger partial charge in [-0.25, -0.2) is 0 Å². The molecule has 0 aliphatic rings. The Balaban J connectivity index is 1.28. The van der Waals surface area contributed by atoms with E-state index in [1.54, 1.807) is 0 Å². The molecule has 0 aliphatic heterocycles. The average molecular weight is 728 g/mol. The Hall–Kier alpha value is -7.69. The number of hydrogen-bond acceptors (Lipinski definition) is 2. The minimum Gasteiger partial charge on any atom is -0.455 e. The average Bonchev–Trinajstić information content (AvgIpc) is 3.67. The summed E-state index contributed by atoms with van der Waals surface area (Å²) < 4.78 is 11.4. The fourth-order valence-corrected chi connectivity index (χ4v) is 9.10. The molecule has 0 N–H and O–H groups in total. The first-order chi connectivity index (χ1) is 28.3. The Bertz CT molecular complexity index is 3630. The van der Waals surface area contributed by atoms with Crippen LogP contribution in [0.5, 0.6) is 0 Å². The Kier molecular flexibility index (Phi) is 6.89. The van der Waals surface area contributed by atoms with E-state index in [1.807, 2.05) is 18.3 Å². The van der Waals surface area contributed by atoms with Crippen LogP contribution in [0.4, 0.5) is 0 Å². The molecule has 12 aromatic rings. The van der Waals surface area contributed by atoms with Crippen LogP contribution in [0.25, 0.3) is 110 Å². The molecule has 4 nitrogen and oxygen atoms in total. The summed E-state index contributed by atoms with van der Waals surface area (Å²) in [6.45, 7) is 0. The molecule has 0 aliphatic carbocycles. The lowest BCUT2D eigenvalue weighted by Crippen LogP contribution is -2.08. The standard InChI is InChI=1S/C53H33N3O/c1-3-15-35(16-4-1)55-47-25-10-11-26-48(47)56(36-17-5-2-6-18-36)50-33-46-45(32-49(50)55)39-20-8-7-19-38(39)44-31-34(28-29-40(44)42-24-14-30-54-52(42)46)37-22-13-23-43-41-21-9-12-27-51(41)57-53(37)43/h1-33H. The molecule has 12 rings (SSSR count). The first kappa shape index (κ1) is 31.6. The van der Waals surface area contributed by atoms with E-state index < -0.39 is 0 Å². The Morgan fingerprint density at radius 2 is 0.895 bits per heavy atom. The fourth-order valence-electron chi connectivity index (χ4n) is 9.10. The van der Waals surface area contributed by atoms with Gasteiger partial charge in [-0.15, -0.1) is 0 Å². The van der Waals surface area contributed by atoms with Crippen molar-refractivity contribution in [1.82, 2.24) is 14.1 Å². The molecule has 266 valence electrons. The molecule has 57 heavy (non-hydrogen) atoms. The number of rotatable bonds is 3. The van der Waals surface area contributed by atoms with Crippen LogP contribution in [-0.2, 0) is 0 Å². The van der Waals surface area contributed by atoms with Crippen molar-refractivity contribution in [2.45, 2.75) is 0 Å². The highest BCUT2D eigenvalue weighted by atomic mass is 16.3. The summed E-state index contributed by atoms with van der Waals surface area (Å²) in [5.41, 5.74) is 11.6. The molecular weight excluding hydrogens is 695 g/mol. The number of pyridine rings is 1. The van der Waals surface area contributed by atoms with Crippen LogP contribution in [-0.4, -0.2) is 14.1 Å². The van der Waals surface area contributed by atoms with E-state index in [1.165, 1.54) is 5.39 Å². The molecule has 0 bridgehead atoms. The predicted octanol–water partition coefficient (Wildman–Crippen LogP) is 14.3. The van der Waals surface area contributed by atoms with Crippen molar-refractivity contribution < 1.29 is 4.42 Å². The summed E-state index contributed by atoms with van der Waals surface area (Å²) in [7, 11) is 0. The Morgan fingerprint density at radius 1 is 0.351 bits per heavy atom. The number of furan rings is 1. The van der Waals surface area contributed by atoms with Crippen molar-refractivity contribution in [3.63, 3.8) is 0 Å². The third-order valence-electron chi connectivity index (χ3n) is 11.6. The molecule has 0 saturated carbocycles. The van der Waals surface area contributed by atoms with Crippen LogP contribution in [0.3, 0.4) is 0 Å². The van der Waals surface area contributed by atoms with Crippen molar-refractivity contribution in [2.24, 2.45) is 0 Å². The number of aromatic nitrogens is 3. The maximum atomic E-state index is 6.55. The molecular formula is C53H33N3O. The fraction of sp³-hybridized carbons (Fsp3) is 0. The highest BCUT2D eigenvalue weighted by Crippen LogP contribution is 2.42. The minimum atomic E-state index is 0.898. The molecule has 0 unspecified atom stereocenters. The van der Waals surface area contributed by atoms with Gasteiger partial charge in [0.2, 0.25) is 0 Å². The number of fused-ring (bicyclic) bond motifs is 13. The predicted molar refractivity (Wildman–Crippen MR) is 238 cm³/mol. The molecule has 0 saturated heterocycles. The van der Waals surface area contributed by atoms with Gasteiger partial charge >= 0.3 is 0 Å². The zero-order valence-electron chi connectivity index (χ0n) is 30.8. The molecule has 0 fully saturated rings. The summed E-state index contributed by atoms with van der Waals surface area (Å²) in [5, 5.41) is 10.2. The van der Waals surface area contributed by atoms with E-state index in [4.69, 9.17) is 9.40 Å². The molecule has 0 spiro atoms. The number of benzene rings is 8. The number of hydrogen-bond donors (Lipinski definition) is 0. The topological polar surface area (TPSA) is 35.9 Å². The SMILES string of the molecule is c1ccc(-n2c3ccccc3n(-c3ccccc3)c3cc4c(cc32)c2ccccc2c2cc(-c3cccc5c3oc3ccccc35)ccc2c2cccnc24)cc1. The van der Waals surface area contributed by atoms with Gasteiger partial charge in [-0.2, -0.15) is 0 Å². The van der Waals surface area contributed by atoms with Crippen LogP contribution < -0.4 is 0 Å². The highest BCUT2D eigenvalue weighted by molar-refractivity contribution is 6.27. The van der Waals surface area contributed by atoms with Crippen molar-refractivity contribution in [3.8, 4) is 22.5 Å². The van der Waals surface area contributed by atoms with Gasteiger partial charge in [0.25, 0.3) is 0 Å². The largest absolute Gasteiger partial charge is 0.455 e. The number of para-hydroxylation sites is 6. The van der Waals surface area contributed by atoms with Gasteiger partial charge in [0.15, 0.2) is 0 Å². The zero-order chi connectivity index (χ0) is 37.5. The van der Waals surface area contributed by atoms with Crippen molar-refractivity contribution >= 4 is 87.2 Å². The van der Waals surface area contributed by atoms with E-state index in [2.05, 4.69) is 191 Å². The van der Waals surface area contributed by atoms with E-state index >= 15 is 0 Å². The lowest BCUT2D eigenvalue weighted by molar-refractivity contribution is 0.670. The second kappa shape index (κ2) is 12.4. The van der Waals surface area contributed by atoms with Gasteiger partial charge < -0.3 is 13.6 Å². The molecule has 4 heteroatoms. The van der Waals surface area contributed by atoms with Gasteiger partial charge in [0, 0.05) is 44.7 Å². The number of nitrogens with zero attached hydrogens (tertiary/aromatic N) is 3.